The van der Waals surface area contributed by atoms with Gasteiger partial charge < -0.3 is 14.2 Å². The number of carbonyl (C=O) groups is 3. The minimum atomic E-state index is -0.758. The molecule has 0 amide bonds. The van der Waals surface area contributed by atoms with E-state index in [-0.39, 0.29) is 31.1 Å². The maximum absolute atomic E-state index is 12.6. The Kier molecular flexibility index (Phi) is 37.4. The molecule has 0 rings (SSSR count). The smallest absolute Gasteiger partial charge is 0.306 e. The molecule has 296 valence electrons. The van der Waals surface area contributed by atoms with Crippen LogP contribution in [0.3, 0.4) is 0 Å². The fourth-order valence-corrected chi connectivity index (χ4v) is 6.45. The highest BCUT2D eigenvalue weighted by Crippen LogP contribution is 2.16. The minimum absolute atomic E-state index is 0.0655. The first kappa shape index (κ1) is 48.4. The summed E-state index contributed by atoms with van der Waals surface area (Å²) in [4.78, 5) is 37.4. The SMILES string of the molecule is CCCCCCCCCCCCCCCCCCC(=O)OC[C@H](COC(=O)CCCCCCCCC)OC(=O)CCCCCCCCC(C)C. The molecule has 0 bridgehead atoms. The molecule has 1 atom stereocenters. The van der Waals surface area contributed by atoms with E-state index >= 15 is 0 Å². The zero-order valence-corrected chi connectivity index (χ0v) is 33.9. The molecule has 50 heavy (non-hydrogen) atoms. The molecule has 0 spiro atoms. The van der Waals surface area contributed by atoms with E-state index in [0.717, 1.165) is 63.7 Å². The lowest BCUT2D eigenvalue weighted by atomic mass is 10.0. The van der Waals surface area contributed by atoms with Crippen molar-refractivity contribution in [2.45, 2.75) is 246 Å². The predicted octanol–water partition coefficient (Wildman–Crippen LogP) is 13.6. The molecule has 0 aromatic heterocycles. The van der Waals surface area contributed by atoms with Crippen molar-refractivity contribution >= 4 is 17.9 Å². The van der Waals surface area contributed by atoms with Crippen LogP contribution in [-0.4, -0.2) is 37.2 Å². The van der Waals surface area contributed by atoms with Crippen LogP contribution in [0.5, 0.6) is 0 Å². The topological polar surface area (TPSA) is 78.9 Å². The monoisotopic (exact) mass is 709 g/mol. The summed E-state index contributed by atoms with van der Waals surface area (Å²) in [7, 11) is 0. The van der Waals surface area contributed by atoms with Gasteiger partial charge in [0.25, 0.3) is 0 Å². The second-order valence-corrected chi connectivity index (χ2v) is 15.5. The highest BCUT2D eigenvalue weighted by molar-refractivity contribution is 5.71. The standard InChI is InChI=1S/C44H84O6/c1-5-7-9-11-13-14-15-16-17-18-19-20-21-23-28-32-36-43(46)49-39-41(38-48-42(45)35-31-27-22-12-10-8-6-2)50-44(47)37-33-29-25-24-26-30-34-40(3)4/h40-41H,5-39H2,1-4H3/t41-/m0/s1. The Morgan fingerprint density at radius 2 is 0.660 bits per heavy atom. The molecule has 0 aromatic rings. The fourth-order valence-electron chi connectivity index (χ4n) is 6.45. The van der Waals surface area contributed by atoms with Crippen LogP contribution in [0.4, 0.5) is 0 Å². The molecule has 0 radical (unpaired) electrons. The van der Waals surface area contributed by atoms with Crippen molar-refractivity contribution in [3.8, 4) is 0 Å². The Bertz CT molecular complexity index is 751. The van der Waals surface area contributed by atoms with Gasteiger partial charge in [-0.3, -0.25) is 14.4 Å². The molecule has 0 N–H and O–H groups in total. The van der Waals surface area contributed by atoms with Crippen molar-refractivity contribution in [3.05, 3.63) is 0 Å². The number of esters is 3. The van der Waals surface area contributed by atoms with Gasteiger partial charge in [0.2, 0.25) is 0 Å². The third-order valence-corrected chi connectivity index (χ3v) is 9.79. The molecule has 0 saturated heterocycles. The van der Waals surface area contributed by atoms with E-state index in [1.165, 1.54) is 135 Å². The first-order chi connectivity index (χ1) is 24.4. The molecular formula is C44H84O6. The Balaban J connectivity index is 4.21. The number of carbonyl (C=O) groups excluding carboxylic acids is 3. The van der Waals surface area contributed by atoms with Crippen molar-refractivity contribution < 1.29 is 28.6 Å². The van der Waals surface area contributed by atoms with Crippen molar-refractivity contribution in [3.63, 3.8) is 0 Å². The zero-order valence-electron chi connectivity index (χ0n) is 33.9. The van der Waals surface area contributed by atoms with E-state index in [0.29, 0.717) is 19.3 Å². The lowest BCUT2D eigenvalue weighted by Gasteiger charge is -2.18. The number of hydrogen-bond donors (Lipinski definition) is 0. The van der Waals surface area contributed by atoms with Crippen LogP contribution in [0.25, 0.3) is 0 Å². The fraction of sp³-hybridized carbons (Fsp3) is 0.932. The molecular weight excluding hydrogens is 624 g/mol. The predicted molar refractivity (Wildman–Crippen MR) is 210 cm³/mol. The van der Waals surface area contributed by atoms with Gasteiger partial charge in [0.05, 0.1) is 0 Å². The largest absolute Gasteiger partial charge is 0.462 e. The second kappa shape index (κ2) is 38.6. The minimum Gasteiger partial charge on any atom is -0.462 e. The quantitative estimate of drug-likeness (QED) is 0.0359. The van der Waals surface area contributed by atoms with Crippen molar-refractivity contribution in [1.82, 2.24) is 0 Å². The average molecular weight is 709 g/mol. The summed E-state index contributed by atoms with van der Waals surface area (Å²) in [5, 5.41) is 0. The van der Waals surface area contributed by atoms with Crippen LogP contribution < -0.4 is 0 Å². The van der Waals surface area contributed by atoms with Gasteiger partial charge in [0.15, 0.2) is 6.10 Å². The van der Waals surface area contributed by atoms with Gasteiger partial charge in [0, 0.05) is 19.3 Å². The Labute approximate surface area is 310 Å². The first-order valence-electron chi connectivity index (χ1n) is 21.9. The summed E-state index contributed by atoms with van der Waals surface area (Å²) in [5.41, 5.74) is 0. The number of unbranched alkanes of at least 4 members (excludes halogenated alkanes) is 26. The number of hydrogen-bond acceptors (Lipinski definition) is 6. The van der Waals surface area contributed by atoms with Crippen LogP contribution in [0, 0.1) is 5.92 Å². The van der Waals surface area contributed by atoms with E-state index < -0.39 is 6.10 Å². The van der Waals surface area contributed by atoms with Gasteiger partial charge in [-0.2, -0.15) is 0 Å². The molecule has 0 fully saturated rings. The number of ether oxygens (including phenoxy) is 3. The summed E-state index contributed by atoms with van der Waals surface area (Å²) in [6.07, 6.45) is 36.8. The van der Waals surface area contributed by atoms with Gasteiger partial charge in [0.1, 0.15) is 13.2 Å². The molecule has 0 aliphatic heterocycles. The van der Waals surface area contributed by atoms with Crippen molar-refractivity contribution in [1.29, 1.82) is 0 Å². The van der Waals surface area contributed by atoms with Gasteiger partial charge in [-0.05, 0) is 25.2 Å². The van der Waals surface area contributed by atoms with E-state index in [4.69, 9.17) is 14.2 Å². The summed E-state index contributed by atoms with van der Waals surface area (Å²) < 4.78 is 16.6. The third-order valence-electron chi connectivity index (χ3n) is 9.79. The van der Waals surface area contributed by atoms with E-state index in [1.807, 2.05) is 0 Å². The van der Waals surface area contributed by atoms with Gasteiger partial charge in [-0.1, -0.05) is 201 Å². The summed E-state index contributed by atoms with van der Waals surface area (Å²) in [6.45, 7) is 8.88. The Morgan fingerprint density at radius 3 is 0.980 bits per heavy atom. The van der Waals surface area contributed by atoms with Gasteiger partial charge in [-0.15, -0.1) is 0 Å². The Hall–Kier alpha value is -1.59. The van der Waals surface area contributed by atoms with Gasteiger partial charge >= 0.3 is 17.9 Å². The van der Waals surface area contributed by atoms with Crippen LogP contribution in [0.15, 0.2) is 0 Å². The van der Waals surface area contributed by atoms with E-state index in [2.05, 4.69) is 27.7 Å². The van der Waals surface area contributed by atoms with Crippen LogP contribution in [0.1, 0.15) is 240 Å². The molecule has 0 saturated carbocycles. The summed E-state index contributed by atoms with van der Waals surface area (Å²) in [6, 6.07) is 0. The summed E-state index contributed by atoms with van der Waals surface area (Å²) >= 11 is 0. The molecule has 0 aromatic carbocycles. The molecule has 0 aliphatic rings. The molecule has 0 unspecified atom stereocenters. The lowest BCUT2D eigenvalue weighted by molar-refractivity contribution is -0.167. The van der Waals surface area contributed by atoms with Crippen molar-refractivity contribution in [2.75, 3.05) is 13.2 Å². The maximum Gasteiger partial charge on any atom is 0.306 e. The van der Waals surface area contributed by atoms with Gasteiger partial charge in [-0.25, -0.2) is 0 Å². The van der Waals surface area contributed by atoms with E-state index in [9.17, 15) is 14.4 Å². The molecule has 0 heterocycles. The molecule has 6 heteroatoms. The zero-order chi connectivity index (χ0) is 36.8. The van der Waals surface area contributed by atoms with Crippen LogP contribution in [-0.2, 0) is 28.6 Å². The van der Waals surface area contributed by atoms with E-state index in [1.54, 1.807) is 0 Å². The van der Waals surface area contributed by atoms with Crippen LogP contribution >= 0.6 is 0 Å². The molecule has 6 nitrogen and oxygen atoms in total. The first-order valence-corrected chi connectivity index (χ1v) is 21.9. The highest BCUT2D eigenvalue weighted by Gasteiger charge is 2.19. The Morgan fingerprint density at radius 1 is 0.380 bits per heavy atom. The third kappa shape index (κ3) is 37.7. The average Bonchev–Trinajstić information content (AvgIpc) is 3.09. The lowest BCUT2D eigenvalue weighted by Crippen LogP contribution is -2.30. The normalized spacial score (nSPS) is 11.9. The second-order valence-electron chi connectivity index (χ2n) is 15.5. The maximum atomic E-state index is 12.6. The molecule has 0 aliphatic carbocycles. The van der Waals surface area contributed by atoms with Crippen molar-refractivity contribution in [2.24, 2.45) is 5.92 Å². The summed E-state index contributed by atoms with van der Waals surface area (Å²) in [5.74, 6) is -0.109. The highest BCUT2D eigenvalue weighted by atomic mass is 16.6. The van der Waals surface area contributed by atoms with Crippen LogP contribution in [0.2, 0.25) is 0 Å². The number of rotatable bonds is 39.